The number of nitrogens with zero attached hydrogens (tertiary/aromatic N) is 2. The van der Waals surface area contributed by atoms with E-state index in [4.69, 9.17) is 0 Å². The minimum absolute atomic E-state index is 0.195. The molecule has 146 valence electrons. The molecule has 0 amide bonds. The third-order valence-electron chi connectivity index (χ3n) is 4.53. The molecule has 0 spiro atoms. The van der Waals surface area contributed by atoms with E-state index in [1.54, 1.807) is 24.3 Å². The van der Waals surface area contributed by atoms with Crippen LogP contribution in [0, 0.1) is 0 Å². The van der Waals surface area contributed by atoms with Gasteiger partial charge in [-0.15, -0.1) is 0 Å². The van der Waals surface area contributed by atoms with Gasteiger partial charge in [0.2, 0.25) is 5.88 Å². The Bertz CT molecular complexity index is 817. The number of carbonyl (C=O) groups excluding carboxylic acids is 1. The summed E-state index contributed by atoms with van der Waals surface area (Å²) in [4.78, 5) is 31.6. The fourth-order valence-electron chi connectivity index (χ4n) is 2.87. The molecule has 6 nitrogen and oxygen atoms in total. The second-order valence-corrected chi connectivity index (χ2v) is 7.38. The van der Waals surface area contributed by atoms with Crippen molar-refractivity contribution in [2.24, 2.45) is 0 Å². The molecule has 1 heterocycles. The molecular formula is C20H28N3O3S+. The minimum atomic E-state index is -0.476. The highest BCUT2D eigenvalue weighted by Crippen LogP contribution is 2.20. The van der Waals surface area contributed by atoms with Crippen molar-refractivity contribution in [3.8, 4) is 5.88 Å². The lowest BCUT2D eigenvalue weighted by molar-refractivity contribution is -0.893. The van der Waals surface area contributed by atoms with Gasteiger partial charge in [0, 0.05) is 5.56 Å². The van der Waals surface area contributed by atoms with Crippen LogP contribution in [0.3, 0.4) is 0 Å². The first-order valence-corrected chi connectivity index (χ1v) is 10.4. The number of hydrogen-bond acceptors (Lipinski definition) is 5. The van der Waals surface area contributed by atoms with E-state index in [1.165, 1.54) is 16.7 Å². The lowest BCUT2D eigenvalue weighted by Gasteiger charge is -2.16. The van der Waals surface area contributed by atoms with Crippen LogP contribution in [-0.2, 0) is 6.42 Å². The lowest BCUT2D eigenvalue weighted by atomic mass is 10.2. The normalized spacial score (nSPS) is 11.1. The molecule has 2 aromatic rings. The van der Waals surface area contributed by atoms with Gasteiger partial charge in [-0.05, 0) is 32.4 Å². The number of benzene rings is 1. The van der Waals surface area contributed by atoms with Crippen LogP contribution in [0.15, 0.2) is 40.3 Å². The zero-order chi connectivity index (χ0) is 19.8. The van der Waals surface area contributed by atoms with Crippen LogP contribution in [0.4, 0.5) is 0 Å². The monoisotopic (exact) mass is 390 g/mol. The Labute approximate surface area is 164 Å². The van der Waals surface area contributed by atoms with E-state index in [-0.39, 0.29) is 16.6 Å². The van der Waals surface area contributed by atoms with Crippen LogP contribution in [0.25, 0.3) is 0 Å². The van der Waals surface area contributed by atoms with Gasteiger partial charge in [-0.3, -0.25) is 9.59 Å². The summed E-state index contributed by atoms with van der Waals surface area (Å²) in [6, 6.07) is 8.69. The van der Waals surface area contributed by atoms with Crippen LogP contribution in [0.5, 0.6) is 5.88 Å². The average Bonchev–Trinajstić information content (AvgIpc) is 2.68. The smallest absolute Gasteiger partial charge is 0.268 e. The summed E-state index contributed by atoms with van der Waals surface area (Å²) >= 11 is 1.33. The fraction of sp³-hybridized carbons (Fsp3) is 0.450. The first-order chi connectivity index (χ1) is 13.0. The standard InChI is InChI=1S/C20H27N3O3S/c1-4-10-16-17(24)21-20(27-14-13-22(5-2)6-3)23(19(16)26)18(25)15-11-8-7-9-12-15/h7-9,11-12,24H,4-6,10,13-14H2,1-3H3/p+1. The molecule has 0 aliphatic carbocycles. The molecule has 0 radical (unpaired) electrons. The SMILES string of the molecule is CCCc1c(O)nc(SCC[NH+](CC)CC)n(C(=O)c2ccccc2)c1=O. The highest BCUT2D eigenvalue weighted by molar-refractivity contribution is 7.99. The average molecular weight is 391 g/mol. The number of hydrogen-bond donors (Lipinski definition) is 2. The van der Waals surface area contributed by atoms with Crippen LogP contribution >= 0.6 is 11.8 Å². The van der Waals surface area contributed by atoms with Crippen molar-refractivity contribution in [3.05, 3.63) is 51.8 Å². The Kier molecular flexibility index (Phi) is 8.06. The minimum Gasteiger partial charge on any atom is -0.493 e. The van der Waals surface area contributed by atoms with Gasteiger partial charge in [-0.1, -0.05) is 43.3 Å². The van der Waals surface area contributed by atoms with Crippen LogP contribution in [0.1, 0.15) is 43.1 Å². The first kappa shape index (κ1) is 21.2. The Morgan fingerprint density at radius 1 is 1.19 bits per heavy atom. The maximum atomic E-state index is 13.0. The molecule has 0 saturated heterocycles. The van der Waals surface area contributed by atoms with Crippen molar-refractivity contribution in [3.63, 3.8) is 0 Å². The van der Waals surface area contributed by atoms with Gasteiger partial charge >= 0.3 is 0 Å². The zero-order valence-corrected chi connectivity index (χ0v) is 17.0. The molecule has 0 atom stereocenters. The predicted molar refractivity (Wildman–Crippen MR) is 108 cm³/mol. The molecule has 1 aromatic heterocycles. The summed E-state index contributed by atoms with van der Waals surface area (Å²) in [5, 5.41) is 10.5. The summed E-state index contributed by atoms with van der Waals surface area (Å²) in [6.07, 6.45) is 1.07. The van der Waals surface area contributed by atoms with Crippen molar-refractivity contribution in [2.75, 3.05) is 25.4 Å². The molecule has 0 saturated carbocycles. The molecule has 7 heteroatoms. The molecule has 0 aliphatic heterocycles. The molecular weight excluding hydrogens is 362 g/mol. The fourth-order valence-corrected chi connectivity index (χ4v) is 3.89. The zero-order valence-electron chi connectivity index (χ0n) is 16.2. The van der Waals surface area contributed by atoms with Crippen LogP contribution < -0.4 is 10.5 Å². The Morgan fingerprint density at radius 3 is 2.44 bits per heavy atom. The van der Waals surface area contributed by atoms with Crippen LogP contribution in [0.2, 0.25) is 0 Å². The summed E-state index contributed by atoms with van der Waals surface area (Å²) in [7, 11) is 0. The maximum Gasteiger partial charge on any atom is 0.268 e. The number of quaternary nitrogens is 1. The largest absolute Gasteiger partial charge is 0.493 e. The molecule has 1 aromatic carbocycles. The first-order valence-electron chi connectivity index (χ1n) is 9.44. The molecule has 0 aliphatic rings. The summed E-state index contributed by atoms with van der Waals surface area (Å²) in [6.45, 7) is 9.09. The van der Waals surface area contributed by atoms with Gasteiger partial charge in [-0.2, -0.15) is 4.98 Å². The number of nitrogens with one attached hydrogen (secondary N) is 1. The Morgan fingerprint density at radius 2 is 1.85 bits per heavy atom. The van der Waals surface area contributed by atoms with Crippen molar-refractivity contribution in [1.82, 2.24) is 9.55 Å². The number of carbonyl (C=O) groups is 1. The van der Waals surface area contributed by atoms with E-state index in [1.807, 2.05) is 13.0 Å². The van der Waals surface area contributed by atoms with E-state index in [0.717, 1.165) is 24.2 Å². The third kappa shape index (κ3) is 5.20. The summed E-state index contributed by atoms with van der Waals surface area (Å²) in [5.74, 6) is 0.0257. The highest BCUT2D eigenvalue weighted by atomic mass is 32.2. The van der Waals surface area contributed by atoms with Crippen molar-refractivity contribution < 1.29 is 14.8 Å². The van der Waals surface area contributed by atoms with Crippen molar-refractivity contribution in [1.29, 1.82) is 0 Å². The summed E-state index contributed by atoms with van der Waals surface area (Å²) < 4.78 is 1.11. The van der Waals surface area contributed by atoms with Gasteiger partial charge in [0.25, 0.3) is 11.5 Å². The van der Waals surface area contributed by atoms with Crippen LogP contribution in [-0.4, -0.2) is 46.0 Å². The van der Waals surface area contributed by atoms with Crippen molar-refractivity contribution >= 4 is 17.7 Å². The predicted octanol–water partition coefficient (Wildman–Crippen LogP) is 1.61. The van der Waals surface area contributed by atoms with E-state index in [9.17, 15) is 14.7 Å². The quantitative estimate of drug-likeness (QED) is 0.502. The number of rotatable bonds is 9. The molecule has 0 fully saturated rings. The van der Waals surface area contributed by atoms with Gasteiger partial charge < -0.3 is 10.0 Å². The lowest BCUT2D eigenvalue weighted by Crippen LogP contribution is -3.11. The molecule has 0 bridgehead atoms. The van der Waals surface area contributed by atoms with Crippen molar-refractivity contribution in [2.45, 2.75) is 38.8 Å². The number of aromatic hydroxyl groups is 1. The van der Waals surface area contributed by atoms with Gasteiger partial charge in [0.15, 0.2) is 5.16 Å². The second kappa shape index (κ2) is 10.3. The number of aromatic nitrogens is 2. The van der Waals surface area contributed by atoms with E-state index < -0.39 is 11.5 Å². The number of thioether (sulfide) groups is 1. The van der Waals surface area contributed by atoms with Gasteiger partial charge in [-0.25, -0.2) is 4.57 Å². The highest BCUT2D eigenvalue weighted by Gasteiger charge is 2.22. The molecule has 2 rings (SSSR count). The van der Waals surface area contributed by atoms with E-state index in [0.29, 0.717) is 24.2 Å². The third-order valence-corrected chi connectivity index (χ3v) is 5.47. The Hall–Kier alpha value is -2.12. The van der Waals surface area contributed by atoms with E-state index >= 15 is 0 Å². The maximum absolute atomic E-state index is 13.0. The summed E-state index contributed by atoms with van der Waals surface area (Å²) in [5.41, 5.74) is 0.141. The van der Waals surface area contributed by atoms with Gasteiger partial charge in [0.1, 0.15) is 0 Å². The van der Waals surface area contributed by atoms with Gasteiger partial charge in [0.05, 0.1) is 31.0 Å². The second-order valence-electron chi connectivity index (χ2n) is 6.31. The van der Waals surface area contributed by atoms with E-state index in [2.05, 4.69) is 18.8 Å². The topological polar surface area (TPSA) is 76.6 Å². The molecule has 27 heavy (non-hydrogen) atoms. The molecule has 2 N–H and O–H groups in total. The molecule has 0 unspecified atom stereocenters. The Balaban J connectivity index is 2.42.